The number of nitro groups is 1. The minimum Gasteiger partial charge on any atom is -0.303 e. The van der Waals surface area contributed by atoms with E-state index < -0.39 is 61.1 Å². The molecule has 1 heterocycles. The van der Waals surface area contributed by atoms with Crippen molar-refractivity contribution >= 4 is 37.0 Å². The lowest BCUT2D eigenvalue weighted by atomic mass is 10.2. The molecular formula is C10H7ClF2N2O5S. The second kappa shape index (κ2) is 5.19. The van der Waals surface area contributed by atoms with Gasteiger partial charge in [-0.25, -0.2) is 17.2 Å². The van der Waals surface area contributed by atoms with Crippen molar-refractivity contribution < 1.29 is 26.9 Å². The highest BCUT2D eigenvalue weighted by Crippen LogP contribution is 2.36. The molecule has 21 heavy (non-hydrogen) atoms. The second-order valence-corrected chi connectivity index (χ2v) is 7.20. The first-order valence-corrected chi connectivity index (χ1v) is 7.86. The first-order chi connectivity index (χ1) is 9.62. The highest BCUT2D eigenvalue weighted by molar-refractivity contribution is 8.14. The molecule has 0 bridgehead atoms. The summed E-state index contributed by atoms with van der Waals surface area (Å²) >= 11 is 0. The normalized spacial score (nSPS) is 19.1. The van der Waals surface area contributed by atoms with Gasteiger partial charge >= 0.3 is 0 Å². The van der Waals surface area contributed by atoms with Gasteiger partial charge in [0.1, 0.15) is 5.25 Å². The third kappa shape index (κ3) is 2.81. The average Bonchev–Trinajstić information content (AvgIpc) is 2.74. The Morgan fingerprint density at radius 1 is 1.38 bits per heavy atom. The Bertz CT molecular complexity index is 739. The Morgan fingerprint density at radius 3 is 2.48 bits per heavy atom. The molecule has 1 aromatic carbocycles. The first-order valence-electron chi connectivity index (χ1n) is 5.49. The zero-order valence-electron chi connectivity index (χ0n) is 10.1. The predicted molar refractivity (Wildman–Crippen MR) is 68.5 cm³/mol. The maximum Gasteiger partial charge on any atom is 0.296 e. The van der Waals surface area contributed by atoms with Gasteiger partial charge in [-0.2, -0.15) is 0 Å². The summed E-state index contributed by atoms with van der Waals surface area (Å²) in [7, 11) is 1.01. The maximum absolute atomic E-state index is 13.8. The summed E-state index contributed by atoms with van der Waals surface area (Å²) in [5.41, 5.74) is -1.73. The molecule has 0 spiro atoms. The molecule has 1 aliphatic heterocycles. The standard InChI is InChI=1S/C10H7ClF2N2O5S/c11-21(19,20)5-3-8(16)14(4-5)10-7(15(17)18)2-1-6(12)9(10)13/h1-2,5H,3-4H2. The number of rotatable bonds is 3. The van der Waals surface area contributed by atoms with Gasteiger partial charge in [0.05, 0.1) is 4.92 Å². The van der Waals surface area contributed by atoms with Crippen LogP contribution < -0.4 is 4.90 Å². The Morgan fingerprint density at radius 2 is 2.00 bits per heavy atom. The Kier molecular flexibility index (Phi) is 3.85. The number of amides is 1. The van der Waals surface area contributed by atoms with Crippen molar-refractivity contribution in [3.05, 3.63) is 33.9 Å². The minimum absolute atomic E-state index is 0.529. The zero-order valence-corrected chi connectivity index (χ0v) is 11.7. The van der Waals surface area contributed by atoms with E-state index in [0.717, 1.165) is 0 Å². The summed E-state index contributed by atoms with van der Waals surface area (Å²) in [5, 5.41) is 9.52. The molecule has 1 atom stereocenters. The summed E-state index contributed by atoms with van der Waals surface area (Å²) in [5.74, 6) is -3.87. The van der Waals surface area contributed by atoms with Gasteiger partial charge < -0.3 is 4.90 Å². The predicted octanol–water partition coefficient (Wildman–Crippen LogP) is 1.55. The number of hydrogen-bond acceptors (Lipinski definition) is 5. The maximum atomic E-state index is 13.8. The number of anilines is 1. The van der Waals surface area contributed by atoms with E-state index >= 15 is 0 Å². The number of hydrogen-bond donors (Lipinski definition) is 0. The monoisotopic (exact) mass is 340 g/mol. The van der Waals surface area contributed by atoms with Crippen LogP contribution in [0, 0.1) is 21.7 Å². The lowest BCUT2D eigenvalue weighted by Gasteiger charge is -2.17. The van der Waals surface area contributed by atoms with Crippen molar-refractivity contribution in [1.29, 1.82) is 0 Å². The highest BCUT2D eigenvalue weighted by Gasteiger charge is 2.42. The van der Waals surface area contributed by atoms with Gasteiger partial charge in [-0.15, -0.1) is 0 Å². The number of carbonyl (C=O) groups excluding carboxylic acids is 1. The smallest absolute Gasteiger partial charge is 0.296 e. The lowest BCUT2D eigenvalue weighted by Crippen LogP contribution is -2.28. The molecule has 0 aromatic heterocycles. The van der Waals surface area contributed by atoms with E-state index in [4.69, 9.17) is 10.7 Å². The van der Waals surface area contributed by atoms with Crippen LogP contribution in [0.15, 0.2) is 12.1 Å². The Hall–Kier alpha value is -1.81. The summed E-state index contributed by atoms with van der Waals surface area (Å²) in [6, 6.07) is 1.25. The molecule has 1 aromatic rings. The molecule has 0 aliphatic carbocycles. The first kappa shape index (κ1) is 15.6. The molecule has 1 amide bonds. The number of nitro benzene ring substituents is 1. The number of carbonyl (C=O) groups is 1. The summed E-state index contributed by atoms with van der Waals surface area (Å²) in [6.45, 7) is -0.578. The molecule has 0 radical (unpaired) electrons. The van der Waals surface area contributed by atoms with Gasteiger partial charge in [0, 0.05) is 29.7 Å². The van der Waals surface area contributed by atoms with Gasteiger partial charge in [0.15, 0.2) is 17.3 Å². The van der Waals surface area contributed by atoms with Crippen LogP contribution in [-0.4, -0.2) is 31.0 Å². The molecule has 2 rings (SSSR count). The summed E-state index contributed by atoms with van der Waals surface area (Å²) in [6.07, 6.45) is -0.557. The van der Waals surface area contributed by atoms with Crippen molar-refractivity contribution in [2.45, 2.75) is 11.7 Å². The van der Waals surface area contributed by atoms with Crippen molar-refractivity contribution in [2.24, 2.45) is 0 Å². The van der Waals surface area contributed by atoms with E-state index in [0.29, 0.717) is 17.0 Å². The molecule has 1 unspecified atom stereocenters. The quantitative estimate of drug-likeness (QED) is 0.472. The van der Waals surface area contributed by atoms with Gasteiger partial charge in [0.25, 0.3) is 5.69 Å². The molecule has 114 valence electrons. The molecular weight excluding hydrogens is 334 g/mol. The van der Waals surface area contributed by atoms with Crippen molar-refractivity contribution in [2.75, 3.05) is 11.4 Å². The SMILES string of the molecule is O=C1CC(S(=O)(=O)Cl)CN1c1c([N+](=O)[O-])ccc(F)c1F. The van der Waals surface area contributed by atoms with Gasteiger partial charge in [-0.1, -0.05) is 0 Å². The van der Waals surface area contributed by atoms with Crippen molar-refractivity contribution in [3.63, 3.8) is 0 Å². The summed E-state index contributed by atoms with van der Waals surface area (Å²) < 4.78 is 49.5. The van der Waals surface area contributed by atoms with Crippen LogP contribution >= 0.6 is 10.7 Å². The van der Waals surface area contributed by atoms with Crippen molar-refractivity contribution in [1.82, 2.24) is 0 Å². The Balaban J connectivity index is 2.55. The lowest BCUT2D eigenvalue weighted by molar-refractivity contribution is -0.384. The van der Waals surface area contributed by atoms with Gasteiger partial charge in [-0.05, 0) is 6.07 Å². The van der Waals surface area contributed by atoms with Gasteiger partial charge in [0.2, 0.25) is 15.0 Å². The fourth-order valence-electron chi connectivity index (χ4n) is 2.01. The third-order valence-electron chi connectivity index (χ3n) is 3.00. The topological polar surface area (TPSA) is 97.6 Å². The molecule has 1 aliphatic rings. The van der Waals surface area contributed by atoms with E-state index in [2.05, 4.69) is 0 Å². The van der Waals surface area contributed by atoms with Crippen LogP contribution in [0.25, 0.3) is 0 Å². The minimum atomic E-state index is -4.11. The molecule has 7 nitrogen and oxygen atoms in total. The van der Waals surface area contributed by atoms with E-state index in [9.17, 15) is 32.1 Å². The highest BCUT2D eigenvalue weighted by atomic mass is 35.7. The largest absolute Gasteiger partial charge is 0.303 e. The molecule has 0 N–H and O–H groups in total. The van der Waals surface area contributed by atoms with Crippen LogP contribution in [0.1, 0.15) is 6.42 Å². The Labute approximate surface area is 121 Å². The zero-order chi connectivity index (χ0) is 15.9. The van der Waals surface area contributed by atoms with E-state index in [-0.39, 0.29) is 0 Å². The van der Waals surface area contributed by atoms with E-state index in [1.54, 1.807) is 0 Å². The van der Waals surface area contributed by atoms with Crippen LogP contribution in [0.4, 0.5) is 20.2 Å². The van der Waals surface area contributed by atoms with E-state index in [1.807, 2.05) is 0 Å². The van der Waals surface area contributed by atoms with Crippen molar-refractivity contribution in [3.8, 4) is 0 Å². The molecule has 1 fully saturated rings. The molecule has 0 saturated carbocycles. The number of halogens is 3. The van der Waals surface area contributed by atoms with Crippen LogP contribution in [0.2, 0.25) is 0 Å². The third-order valence-corrected chi connectivity index (χ3v) is 4.87. The summed E-state index contributed by atoms with van der Waals surface area (Å²) in [4.78, 5) is 22.2. The number of nitrogens with zero attached hydrogens (tertiary/aromatic N) is 2. The molecule has 11 heteroatoms. The average molecular weight is 341 g/mol. The second-order valence-electron chi connectivity index (χ2n) is 4.29. The van der Waals surface area contributed by atoms with Crippen LogP contribution in [0.5, 0.6) is 0 Å². The van der Waals surface area contributed by atoms with E-state index in [1.165, 1.54) is 0 Å². The van der Waals surface area contributed by atoms with Crippen LogP contribution in [0.3, 0.4) is 0 Å². The number of benzene rings is 1. The van der Waals surface area contributed by atoms with Crippen LogP contribution in [-0.2, 0) is 13.8 Å². The molecule has 1 saturated heterocycles. The fourth-order valence-corrected chi connectivity index (χ4v) is 3.04. The van der Waals surface area contributed by atoms with Gasteiger partial charge in [-0.3, -0.25) is 14.9 Å². The fraction of sp³-hybridized carbons (Fsp3) is 0.300.